The highest BCUT2D eigenvalue weighted by molar-refractivity contribution is 7.16. The van der Waals surface area contributed by atoms with E-state index in [1.165, 1.54) is 10.4 Å². The fraction of sp³-hybridized carbons (Fsp3) is 0.278. The largest absolute Gasteiger partial charge is 0.423 e. The van der Waals surface area contributed by atoms with E-state index in [2.05, 4.69) is 17.9 Å². The first-order chi connectivity index (χ1) is 10.9. The van der Waals surface area contributed by atoms with Crippen molar-refractivity contribution >= 4 is 33.9 Å². The van der Waals surface area contributed by atoms with Crippen LogP contribution in [0.4, 0.5) is 0 Å². The van der Waals surface area contributed by atoms with Crippen molar-refractivity contribution in [1.29, 1.82) is 0 Å². The van der Waals surface area contributed by atoms with Gasteiger partial charge in [0.05, 0.1) is 4.34 Å². The highest BCUT2D eigenvalue weighted by Crippen LogP contribution is 2.25. The Morgan fingerprint density at radius 2 is 1.87 bits per heavy atom. The molecule has 0 aliphatic carbocycles. The van der Waals surface area contributed by atoms with Crippen molar-refractivity contribution in [2.24, 2.45) is 0 Å². The van der Waals surface area contributed by atoms with E-state index >= 15 is 0 Å². The van der Waals surface area contributed by atoms with Crippen molar-refractivity contribution in [3.8, 4) is 0 Å². The van der Waals surface area contributed by atoms with Gasteiger partial charge in [-0.05, 0) is 61.9 Å². The van der Waals surface area contributed by atoms with Crippen LogP contribution < -0.4 is 5.63 Å². The van der Waals surface area contributed by atoms with Crippen LogP contribution in [0.15, 0.2) is 39.5 Å². The molecule has 5 heteroatoms. The van der Waals surface area contributed by atoms with Gasteiger partial charge < -0.3 is 4.42 Å². The van der Waals surface area contributed by atoms with Gasteiger partial charge in [0.15, 0.2) is 0 Å². The van der Waals surface area contributed by atoms with Crippen LogP contribution >= 0.6 is 22.9 Å². The zero-order valence-electron chi connectivity index (χ0n) is 13.4. The van der Waals surface area contributed by atoms with Crippen molar-refractivity contribution in [3.63, 3.8) is 0 Å². The molecule has 3 rings (SSSR count). The smallest absolute Gasteiger partial charge is 0.336 e. The summed E-state index contributed by atoms with van der Waals surface area (Å²) in [4.78, 5) is 15.2. The Bertz CT molecular complexity index is 913. The second-order valence-electron chi connectivity index (χ2n) is 5.90. The van der Waals surface area contributed by atoms with Crippen LogP contribution in [0.25, 0.3) is 11.0 Å². The summed E-state index contributed by atoms with van der Waals surface area (Å²) in [7, 11) is 2.04. The van der Waals surface area contributed by atoms with E-state index in [1.54, 1.807) is 17.4 Å². The molecule has 2 aromatic heterocycles. The van der Waals surface area contributed by atoms with E-state index in [9.17, 15) is 4.79 Å². The second-order valence-corrected chi connectivity index (χ2v) is 7.70. The van der Waals surface area contributed by atoms with Crippen LogP contribution in [0.2, 0.25) is 4.34 Å². The Balaban J connectivity index is 1.92. The molecule has 0 aliphatic heterocycles. The number of hydrogen-bond donors (Lipinski definition) is 0. The maximum atomic E-state index is 11.8. The number of nitrogens with zero attached hydrogens (tertiary/aromatic N) is 1. The standard InChI is InChI=1S/C18H18ClNO2S/c1-11-6-15-13(8-18(21)22-16(15)7-12(11)2)9-20(3)10-14-4-5-17(19)23-14/h4-8H,9-10H2,1-3H3. The second kappa shape index (κ2) is 6.48. The molecule has 1 aromatic carbocycles. The monoisotopic (exact) mass is 347 g/mol. The topological polar surface area (TPSA) is 33.5 Å². The van der Waals surface area contributed by atoms with Gasteiger partial charge in [-0.15, -0.1) is 11.3 Å². The molecule has 0 fully saturated rings. The molecule has 23 heavy (non-hydrogen) atoms. The number of hydrogen-bond acceptors (Lipinski definition) is 4. The zero-order chi connectivity index (χ0) is 16.6. The molecule has 3 aromatic rings. The number of benzene rings is 1. The van der Waals surface area contributed by atoms with Crippen molar-refractivity contribution in [2.75, 3.05) is 7.05 Å². The van der Waals surface area contributed by atoms with Gasteiger partial charge in [-0.1, -0.05) is 11.6 Å². The third-order valence-electron chi connectivity index (χ3n) is 3.94. The quantitative estimate of drug-likeness (QED) is 0.638. The van der Waals surface area contributed by atoms with E-state index in [4.69, 9.17) is 16.0 Å². The first-order valence-corrected chi connectivity index (χ1v) is 8.58. The van der Waals surface area contributed by atoms with Crippen LogP contribution in [0.5, 0.6) is 0 Å². The average molecular weight is 348 g/mol. The molecule has 0 aliphatic rings. The highest BCUT2D eigenvalue weighted by Gasteiger charge is 2.11. The summed E-state index contributed by atoms with van der Waals surface area (Å²) in [5, 5.41) is 1.00. The lowest BCUT2D eigenvalue weighted by atomic mass is 10.0. The zero-order valence-corrected chi connectivity index (χ0v) is 14.9. The summed E-state index contributed by atoms with van der Waals surface area (Å²) < 4.78 is 6.15. The molecular formula is C18H18ClNO2S. The van der Waals surface area contributed by atoms with Gasteiger partial charge in [0, 0.05) is 29.4 Å². The number of aryl methyl sites for hydroxylation is 2. The molecule has 2 heterocycles. The minimum atomic E-state index is -0.302. The van der Waals surface area contributed by atoms with Crippen LogP contribution in [-0.2, 0) is 13.1 Å². The summed E-state index contributed by atoms with van der Waals surface area (Å²) in [6.45, 7) is 5.57. The summed E-state index contributed by atoms with van der Waals surface area (Å²) in [6, 6.07) is 9.57. The van der Waals surface area contributed by atoms with Crippen molar-refractivity contribution < 1.29 is 4.42 Å². The Kier molecular flexibility index (Phi) is 4.57. The average Bonchev–Trinajstić information content (AvgIpc) is 2.86. The van der Waals surface area contributed by atoms with Gasteiger partial charge in [0.2, 0.25) is 0 Å². The molecule has 0 saturated carbocycles. The van der Waals surface area contributed by atoms with Crippen LogP contribution in [0.3, 0.4) is 0 Å². The number of rotatable bonds is 4. The van der Waals surface area contributed by atoms with E-state index in [0.717, 1.165) is 27.4 Å². The fourth-order valence-electron chi connectivity index (χ4n) is 2.66. The summed E-state index contributed by atoms with van der Waals surface area (Å²) in [6.07, 6.45) is 0. The fourth-order valence-corrected chi connectivity index (χ4v) is 3.83. The minimum absolute atomic E-state index is 0.302. The van der Waals surface area contributed by atoms with E-state index in [0.29, 0.717) is 12.1 Å². The van der Waals surface area contributed by atoms with Crippen molar-refractivity contribution in [2.45, 2.75) is 26.9 Å². The minimum Gasteiger partial charge on any atom is -0.423 e. The highest BCUT2D eigenvalue weighted by atomic mass is 35.5. The van der Waals surface area contributed by atoms with Gasteiger partial charge in [0.25, 0.3) is 0 Å². The van der Waals surface area contributed by atoms with Gasteiger partial charge >= 0.3 is 5.63 Å². The maximum absolute atomic E-state index is 11.8. The summed E-state index contributed by atoms with van der Waals surface area (Å²) in [5.74, 6) is 0. The lowest BCUT2D eigenvalue weighted by Gasteiger charge is -2.17. The molecule has 0 radical (unpaired) electrons. The first-order valence-electron chi connectivity index (χ1n) is 7.39. The van der Waals surface area contributed by atoms with Crippen molar-refractivity contribution in [3.05, 3.63) is 66.7 Å². The molecule has 3 nitrogen and oxygen atoms in total. The van der Waals surface area contributed by atoms with Crippen LogP contribution in [0.1, 0.15) is 21.6 Å². The Morgan fingerprint density at radius 1 is 1.13 bits per heavy atom. The van der Waals surface area contributed by atoms with Gasteiger partial charge in [-0.3, -0.25) is 4.90 Å². The predicted octanol–water partition coefficient (Wildman–Crippen LogP) is 4.76. The Labute approximate surface area is 144 Å². The summed E-state index contributed by atoms with van der Waals surface area (Å²) in [5.41, 5.74) is 3.66. The van der Waals surface area contributed by atoms with E-state index in [-0.39, 0.29) is 5.63 Å². The van der Waals surface area contributed by atoms with Crippen LogP contribution in [-0.4, -0.2) is 11.9 Å². The van der Waals surface area contributed by atoms with Gasteiger partial charge in [0.1, 0.15) is 5.58 Å². The molecule has 0 bridgehead atoms. The number of thiophene rings is 1. The lowest BCUT2D eigenvalue weighted by molar-refractivity contribution is 0.322. The SMILES string of the molecule is Cc1cc2oc(=O)cc(CN(C)Cc3ccc(Cl)s3)c2cc1C. The molecule has 0 saturated heterocycles. The predicted molar refractivity (Wildman–Crippen MR) is 96.5 cm³/mol. The maximum Gasteiger partial charge on any atom is 0.336 e. The molecule has 0 spiro atoms. The molecule has 0 N–H and O–H groups in total. The number of fused-ring (bicyclic) bond motifs is 1. The normalized spacial score (nSPS) is 11.5. The molecule has 120 valence electrons. The Hall–Kier alpha value is -1.62. The third kappa shape index (κ3) is 3.66. The molecular weight excluding hydrogens is 330 g/mol. The van der Waals surface area contributed by atoms with Gasteiger partial charge in [-0.25, -0.2) is 4.79 Å². The van der Waals surface area contributed by atoms with Crippen molar-refractivity contribution in [1.82, 2.24) is 4.90 Å². The summed E-state index contributed by atoms with van der Waals surface area (Å²) >= 11 is 7.56. The molecule has 0 unspecified atom stereocenters. The lowest BCUT2D eigenvalue weighted by Crippen LogP contribution is -2.18. The third-order valence-corrected chi connectivity index (χ3v) is 5.16. The molecule has 0 amide bonds. The van der Waals surface area contributed by atoms with Gasteiger partial charge in [-0.2, -0.15) is 0 Å². The Morgan fingerprint density at radius 3 is 2.57 bits per heavy atom. The van der Waals surface area contributed by atoms with E-state index < -0.39 is 0 Å². The van der Waals surface area contributed by atoms with Crippen LogP contribution in [0, 0.1) is 13.8 Å². The number of halogens is 1. The van der Waals surface area contributed by atoms with E-state index in [1.807, 2.05) is 32.2 Å². The molecule has 0 atom stereocenters. The first kappa shape index (κ1) is 16.2.